The van der Waals surface area contributed by atoms with Crippen LogP contribution in [0.2, 0.25) is 0 Å². The summed E-state index contributed by atoms with van der Waals surface area (Å²) in [6.45, 7) is 3.04. The number of imide groups is 1. The maximum absolute atomic E-state index is 13.5. The van der Waals surface area contributed by atoms with Crippen molar-refractivity contribution in [3.63, 3.8) is 0 Å². The van der Waals surface area contributed by atoms with Gasteiger partial charge in [0.05, 0.1) is 59.0 Å². The Labute approximate surface area is 208 Å². The first-order valence-corrected chi connectivity index (χ1v) is 11.3. The molecule has 3 saturated heterocycles. The number of rotatable bonds is 2. The van der Waals surface area contributed by atoms with Gasteiger partial charge in [-0.1, -0.05) is 0 Å². The molecule has 0 spiro atoms. The van der Waals surface area contributed by atoms with Crippen molar-refractivity contribution in [1.82, 2.24) is 4.90 Å². The number of morpholine rings is 1. The molecule has 2 bridgehead atoms. The van der Waals surface area contributed by atoms with E-state index in [0.717, 1.165) is 17.0 Å². The Morgan fingerprint density at radius 2 is 1.62 bits per heavy atom. The molecule has 3 fully saturated rings. The third-order valence-electron chi connectivity index (χ3n) is 7.17. The minimum atomic E-state index is -4.86. The van der Waals surface area contributed by atoms with E-state index in [4.69, 9.17) is 10.00 Å². The Kier molecular flexibility index (Phi) is 5.35. The lowest BCUT2D eigenvalue weighted by Gasteiger charge is -2.44. The Balaban J connectivity index is 1.45. The minimum absolute atomic E-state index is 0.0647. The number of likely N-dealkylation sites (tertiary alicyclic amines) is 1. The van der Waals surface area contributed by atoms with Crippen LogP contribution in [0.15, 0.2) is 42.5 Å². The van der Waals surface area contributed by atoms with E-state index in [-0.39, 0.29) is 18.8 Å². The maximum Gasteiger partial charge on any atom is 0.417 e. The number of urea groups is 1. The Hall–Kier alpha value is -3.98. The lowest BCUT2D eigenvalue weighted by Crippen LogP contribution is -2.60. The van der Waals surface area contributed by atoms with Crippen LogP contribution in [-0.2, 0) is 20.5 Å². The number of benzene rings is 2. The van der Waals surface area contributed by atoms with Crippen molar-refractivity contribution in [2.24, 2.45) is 11.8 Å². The standard InChI is InChI=1S/C25H20F4N4O4/c1-23-11-32(22(36)31-15-6-4-14(26)5-7-15)12-24(2,37-23)19-18(23)20(34)33(21(19)35)16-8-3-13(10-30)17(9-16)25(27,28)29/h3-9,18-19H,11-12H2,1-2H3,(H,31,36)/t18-,19+,23-,24+. The minimum Gasteiger partial charge on any atom is -0.364 e. The van der Waals surface area contributed by atoms with Gasteiger partial charge in [-0.15, -0.1) is 0 Å². The van der Waals surface area contributed by atoms with Crippen LogP contribution < -0.4 is 10.2 Å². The second-order valence-corrected chi connectivity index (χ2v) is 9.83. The molecule has 2 aromatic carbocycles. The van der Waals surface area contributed by atoms with Crippen molar-refractivity contribution in [2.45, 2.75) is 31.2 Å². The predicted molar refractivity (Wildman–Crippen MR) is 121 cm³/mol. The van der Waals surface area contributed by atoms with Gasteiger partial charge in [-0.3, -0.25) is 9.59 Å². The van der Waals surface area contributed by atoms with Gasteiger partial charge >= 0.3 is 12.2 Å². The molecule has 1 N–H and O–H groups in total. The van der Waals surface area contributed by atoms with Crippen LogP contribution in [0.25, 0.3) is 0 Å². The summed E-state index contributed by atoms with van der Waals surface area (Å²) in [4.78, 5) is 42.1. The summed E-state index contributed by atoms with van der Waals surface area (Å²) in [5.74, 6) is -4.03. The number of ether oxygens (including phenoxy) is 1. The summed E-state index contributed by atoms with van der Waals surface area (Å²) in [5, 5.41) is 11.7. The van der Waals surface area contributed by atoms with Crippen LogP contribution in [0.5, 0.6) is 0 Å². The second kappa shape index (κ2) is 8.01. The summed E-state index contributed by atoms with van der Waals surface area (Å²) in [6.07, 6.45) is -4.86. The molecule has 192 valence electrons. The van der Waals surface area contributed by atoms with Crippen molar-refractivity contribution in [3.05, 3.63) is 59.4 Å². The molecule has 3 aliphatic rings. The van der Waals surface area contributed by atoms with E-state index in [1.54, 1.807) is 13.8 Å². The van der Waals surface area contributed by atoms with Crippen molar-refractivity contribution in [3.8, 4) is 6.07 Å². The Morgan fingerprint density at radius 3 is 2.14 bits per heavy atom. The number of nitrogens with one attached hydrogen (secondary N) is 1. The zero-order valence-corrected chi connectivity index (χ0v) is 19.6. The SMILES string of the molecule is C[C@]12CN(C(=O)Nc3ccc(F)cc3)C[C@](C)(O1)[C@@H]1C(=O)N(c3ccc(C#N)c(C(F)(F)F)c3)C(=O)[C@@H]12. The lowest BCUT2D eigenvalue weighted by atomic mass is 9.79. The second-order valence-electron chi connectivity index (χ2n) is 9.83. The van der Waals surface area contributed by atoms with Crippen LogP contribution in [0.1, 0.15) is 25.0 Å². The first kappa shape index (κ1) is 24.7. The highest BCUT2D eigenvalue weighted by molar-refractivity contribution is 6.23. The molecule has 37 heavy (non-hydrogen) atoms. The molecule has 0 unspecified atom stereocenters. The number of hydrogen-bond acceptors (Lipinski definition) is 5. The number of fused-ring (bicyclic) bond motifs is 5. The Morgan fingerprint density at radius 1 is 1.05 bits per heavy atom. The summed E-state index contributed by atoms with van der Waals surface area (Å²) < 4.78 is 59.9. The zero-order valence-electron chi connectivity index (χ0n) is 19.6. The van der Waals surface area contributed by atoms with Gasteiger partial charge in [-0.25, -0.2) is 14.1 Å². The van der Waals surface area contributed by atoms with Crippen LogP contribution in [0.3, 0.4) is 0 Å². The fourth-order valence-electron chi connectivity index (χ4n) is 5.77. The lowest BCUT2D eigenvalue weighted by molar-refractivity contribution is -0.161. The molecule has 0 aliphatic carbocycles. The van der Waals surface area contributed by atoms with Crippen LogP contribution in [0.4, 0.5) is 33.7 Å². The molecule has 4 amide bonds. The normalized spacial score (nSPS) is 28.8. The van der Waals surface area contributed by atoms with Crippen LogP contribution >= 0.6 is 0 Å². The van der Waals surface area contributed by atoms with Gasteiger partial charge in [-0.2, -0.15) is 18.4 Å². The van der Waals surface area contributed by atoms with Gasteiger partial charge in [0.15, 0.2) is 0 Å². The van der Waals surface area contributed by atoms with Crippen molar-refractivity contribution >= 4 is 29.2 Å². The topological polar surface area (TPSA) is 103 Å². The number of anilines is 2. The fourth-order valence-corrected chi connectivity index (χ4v) is 5.77. The van der Waals surface area contributed by atoms with Crippen molar-refractivity contribution in [1.29, 1.82) is 5.26 Å². The molecular formula is C25H20F4N4O4. The number of alkyl halides is 3. The smallest absolute Gasteiger partial charge is 0.364 e. The zero-order chi connectivity index (χ0) is 26.9. The average molecular weight is 516 g/mol. The predicted octanol–water partition coefficient (Wildman–Crippen LogP) is 3.92. The highest BCUT2D eigenvalue weighted by Gasteiger charge is 2.72. The third kappa shape index (κ3) is 3.81. The summed E-state index contributed by atoms with van der Waals surface area (Å²) >= 11 is 0. The number of carbonyl (C=O) groups is 3. The molecule has 0 saturated carbocycles. The summed E-state index contributed by atoms with van der Waals surface area (Å²) in [5.41, 5.74) is -4.40. The molecule has 2 aromatic rings. The van der Waals surface area contributed by atoms with E-state index < -0.39 is 64.0 Å². The van der Waals surface area contributed by atoms with Crippen molar-refractivity contribution < 1.29 is 36.7 Å². The van der Waals surface area contributed by atoms with Gasteiger partial charge in [0.1, 0.15) is 5.82 Å². The number of nitriles is 1. The summed E-state index contributed by atoms with van der Waals surface area (Å²) in [6, 6.07) is 8.76. The molecule has 3 aliphatic heterocycles. The highest BCUT2D eigenvalue weighted by atomic mass is 19.4. The highest BCUT2D eigenvalue weighted by Crippen LogP contribution is 2.55. The van der Waals surface area contributed by atoms with E-state index in [2.05, 4.69) is 5.32 Å². The third-order valence-corrected chi connectivity index (χ3v) is 7.17. The van der Waals surface area contributed by atoms with Gasteiger partial charge < -0.3 is 15.0 Å². The molecule has 0 aromatic heterocycles. The molecule has 12 heteroatoms. The monoisotopic (exact) mass is 516 g/mol. The molecule has 5 rings (SSSR count). The molecule has 8 nitrogen and oxygen atoms in total. The quantitative estimate of drug-likeness (QED) is 0.482. The van der Waals surface area contributed by atoms with E-state index in [1.807, 2.05) is 0 Å². The maximum atomic E-state index is 13.5. The Bertz CT molecular complexity index is 1340. The fraction of sp³-hybridized carbons (Fsp3) is 0.360. The van der Waals surface area contributed by atoms with E-state index >= 15 is 0 Å². The average Bonchev–Trinajstić information content (AvgIpc) is 3.19. The van der Waals surface area contributed by atoms with Crippen LogP contribution in [0, 0.1) is 29.0 Å². The largest absolute Gasteiger partial charge is 0.417 e. The van der Waals surface area contributed by atoms with Crippen molar-refractivity contribution in [2.75, 3.05) is 23.3 Å². The first-order chi connectivity index (χ1) is 17.3. The number of amides is 4. The molecular weight excluding hydrogens is 496 g/mol. The van der Waals surface area contributed by atoms with E-state index in [9.17, 15) is 31.9 Å². The van der Waals surface area contributed by atoms with Gasteiger partial charge in [0, 0.05) is 5.69 Å². The van der Waals surface area contributed by atoms with E-state index in [1.165, 1.54) is 35.2 Å². The number of nitrogens with zero attached hydrogens (tertiary/aromatic N) is 3. The van der Waals surface area contributed by atoms with Gasteiger partial charge in [0.2, 0.25) is 11.8 Å². The number of carbonyl (C=O) groups excluding carboxylic acids is 3. The van der Waals surface area contributed by atoms with Gasteiger partial charge in [-0.05, 0) is 56.3 Å². The summed E-state index contributed by atoms with van der Waals surface area (Å²) in [7, 11) is 0. The van der Waals surface area contributed by atoms with Crippen LogP contribution in [-0.4, -0.2) is 47.0 Å². The molecule has 4 atom stereocenters. The molecule has 3 heterocycles. The van der Waals surface area contributed by atoms with E-state index in [0.29, 0.717) is 11.8 Å². The number of hydrogen-bond donors (Lipinski definition) is 1. The first-order valence-electron chi connectivity index (χ1n) is 11.3. The molecule has 0 radical (unpaired) electrons. The number of halogens is 4. The van der Waals surface area contributed by atoms with Gasteiger partial charge in [0.25, 0.3) is 0 Å².